The monoisotopic (exact) mass is 212 g/mol. The molecule has 0 amide bonds. The molecule has 3 fully saturated rings. The van der Waals surface area contributed by atoms with Crippen LogP contribution in [0.4, 0.5) is 0 Å². The van der Waals surface area contributed by atoms with Gasteiger partial charge in [-0.25, -0.2) is 0 Å². The van der Waals surface area contributed by atoms with E-state index in [1.165, 1.54) is 12.8 Å². The smallest absolute Gasteiger partial charge is 0.168 e. The number of nitrogens with two attached hydrogens (primary N) is 1. The van der Waals surface area contributed by atoms with Crippen LogP contribution in [0.2, 0.25) is 0 Å². The van der Waals surface area contributed by atoms with E-state index in [9.17, 15) is 0 Å². The van der Waals surface area contributed by atoms with Crippen molar-refractivity contribution >= 4 is 0 Å². The van der Waals surface area contributed by atoms with E-state index in [-0.39, 0.29) is 11.9 Å². The quantitative estimate of drug-likeness (QED) is 0.716. The lowest BCUT2D eigenvalue weighted by Crippen LogP contribution is -2.57. The molecule has 1 unspecified atom stereocenters. The van der Waals surface area contributed by atoms with Crippen LogP contribution in [0, 0.1) is 0 Å². The molecular formula is C11H20N2O2. The average molecular weight is 212 g/mol. The Balaban J connectivity index is 1.49. The number of hydrogen-bond donors (Lipinski definition) is 1. The molecule has 3 aliphatic rings. The first kappa shape index (κ1) is 10.0. The molecule has 0 aromatic carbocycles. The molecule has 3 rings (SSSR count). The molecule has 1 saturated carbocycles. The van der Waals surface area contributed by atoms with E-state index in [0.717, 1.165) is 39.1 Å². The van der Waals surface area contributed by atoms with Crippen LogP contribution in [0.5, 0.6) is 0 Å². The normalized spacial score (nSPS) is 36.2. The van der Waals surface area contributed by atoms with Crippen LogP contribution in [-0.4, -0.2) is 49.1 Å². The molecule has 1 atom stereocenters. The van der Waals surface area contributed by atoms with Gasteiger partial charge in [-0.15, -0.1) is 0 Å². The minimum atomic E-state index is -0.197. The Kier molecular flexibility index (Phi) is 2.47. The van der Waals surface area contributed by atoms with Crippen molar-refractivity contribution in [2.45, 2.75) is 43.6 Å². The number of rotatable bonds is 2. The van der Waals surface area contributed by atoms with Crippen molar-refractivity contribution in [3.05, 3.63) is 0 Å². The fourth-order valence-electron chi connectivity index (χ4n) is 2.93. The number of ether oxygens (including phenoxy) is 2. The highest BCUT2D eigenvalue weighted by Crippen LogP contribution is 2.39. The van der Waals surface area contributed by atoms with Crippen LogP contribution >= 0.6 is 0 Å². The molecule has 1 aliphatic carbocycles. The third kappa shape index (κ3) is 1.91. The summed E-state index contributed by atoms with van der Waals surface area (Å²) in [6, 6.07) is 0.382. The van der Waals surface area contributed by atoms with Gasteiger partial charge in [0.25, 0.3) is 0 Å². The molecule has 0 aromatic rings. The van der Waals surface area contributed by atoms with Crippen molar-refractivity contribution in [2.75, 3.05) is 26.2 Å². The predicted octanol–water partition coefficient (Wildman–Crippen LogP) is 0.315. The van der Waals surface area contributed by atoms with Gasteiger partial charge < -0.3 is 15.2 Å². The number of nitrogens with zero attached hydrogens (tertiary/aromatic N) is 1. The Labute approximate surface area is 90.7 Å². The Bertz CT molecular complexity index is 235. The standard InChI is InChI=1S/C11H20N2O2/c12-9-5-13(6-9)7-10-8-14-11(15-10)3-1-2-4-11/h9-10H,1-8,12H2. The minimum absolute atomic E-state index is 0.197. The lowest BCUT2D eigenvalue weighted by molar-refractivity contribution is -0.164. The highest BCUT2D eigenvalue weighted by atomic mass is 16.7. The van der Waals surface area contributed by atoms with Gasteiger partial charge in [-0.2, -0.15) is 0 Å². The first-order valence-electron chi connectivity index (χ1n) is 6.05. The summed E-state index contributed by atoms with van der Waals surface area (Å²) in [7, 11) is 0. The van der Waals surface area contributed by atoms with Crippen LogP contribution < -0.4 is 5.73 Å². The second-order valence-corrected chi connectivity index (χ2v) is 5.15. The Morgan fingerprint density at radius 3 is 2.67 bits per heavy atom. The van der Waals surface area contributed by atoms with Crippen LogP contribution in [0.25, 0.3) is 0 Å². The molecule has 1 spiro atoms. The Morgan fingerprint density at radius 2 is 2.00 bits per heavy atom. The molecule has 15 heavy (non-hydrogen) atoms. The summed E-state index contributed by atoms with van der Waals surface area (Å²) in [5.74, 6) is -0.197. The topological polar surface area (TPSA) is 47.7 Å². The summed E-state index contributed by atoms with van der Waals surface area (Å²) in [6.45, 7) is 3.81. The summed E-state index contributed by atoms with van der Waals surface area (Å²) in [6.07, 6.45) is 4.95. The van der Waals surface area contributed by atoms with E-state index in [2.05, 4.69) is 4.90 Å². The molecule has 2 heterocycles. The van der Waals surface area contributed by atoms with E-state index < -0.39 is 0 Å². The van der Waals surface area contributed by atoms with Crippen molar-refractivity contribution in [3.8, 4) is 0 Å². The molecule has 2 saturated heterocycles. The van der Waals surface area contributed by atoms with E-state index in [1.54, 1.807) is 0 Å². The van der Waals surface area contributed by atoms with Gasteiger partial charge in [-0.1, -0.05) is 0 Å². The van der Waals surface area contributed by atoms with Crippen LogP contribution in [-0.2, 0) is 9.47 Å². The first-order chi connectivity index (χ1) is 7.26. The lowest BCUT2D eigenvalue weighted by Gasteiger charge is -2.38. The van der Waals surface area contributed by atoms with Crippen LogP contribution in [0.15, 0.2) is 0 Å². The number of likely N-dealkylation sites (tertiary alicyclic amines) is 1. The molecule has 86 valence electrons. The van der Waals surface area contributed by atoms with Crippen molar-refractivity contribution in [2.24, 2.45) is 5.73 Å². The summed E-state index contributed by atoms with van der Waals surface area (Å²) in [4.78, 5) is 2.35. The van der Waals surface area contributed by atoms with Crippen LogP contribution in [0.3, 0.4) is 0 Å². The highest BCUT2D eigenvalue weighted by molar-refractivity contribution is 4.89. The molecule has 4 nitrogen and oxygen atoms in total. The second-order valence-electron chi connectivity index (χ2n) is 5.15. The molecule has 0 bridgehead atoms. The van der Waals surface area contributed by atoms with E-state index in [1.807, 2.05) is 0 Å². The molecule has 0 radical (unpaired) electrons. The van der Waals surface area contributed by atoms with Gasteiger partial charge in [0.15, 0.2) is 5.79 Å². The van der Waals surface area contributed by atoms with Crippen LogP contribution in [0.1, 0.15) is 25.7 Å². The van der Waals surface area contributed by atoms with Crippen molar-refractivity contribution < 1.29 is 9.47 Å². The van der Waals surface area contributed by atoms with Crippen molar-refractivity contribution in [1.82, 2.24) is 4.90 Å². The van der Waals surface area contributed by atoms with E-state index in [4.69, 9.17) is 15.2 Å². The molecular weight excluding hydrogens is 192 g/mol. The summed E-state index contributed by atoms with van der Waals surface area (Å²) >= 11 is 0. The lowest BCUT2D eigenvalue weighted by atomic mass is 10.1. The number of hydrogen-bond acceptors (Lipinski definition) is 4. The van der Waals surface area contributed by atoms with Gasteiger partial charge in [0.2, 0.25) is 0 Å². The molecule has 2 aliphatic heterocycles. The summed E-state index contributed by atoms with van der Waals surface area (Å²) in [5.41, 5.74) is 5.75. The van der Waals surface area contributed by atoms with Crippen molar-refractivity contribution in [3.63, 3.8) is 0 Å². The Hall–Kier alpha value is -0.160. The molecule has 2 N–H and O–H groups in total. The summed E-state index contributed by atoms with van der Waals surface area (Å²) < 4.78 is 11.9. The fraction of sp³-hybridized carbons (Fsp3) is 1.00. The second kappa shape index (κ2) is 3.70. The maximum atomic E-state index is 6.05. The van der Waals surface area contributed by atoms with E-state index in [0.29, 0.717) is 6.04 Å². The zero-order valence-corrected chi connectivity index (χ0v) is 9.15. The molecule has 0 aromatic heterocycles. The maximum Gasteiger partial charge on any atom is 0.168 e. The van der Waals surface area contributed by atoms with Gasteiger partial charge in [0, 0.05) is 38.5 Å². The van der Waals surface area contributed by atoms with Gasteiger partial charge in [0.05, 0.1) is 12.7 Å². The SMILES string of the molecule is NC1CN(CC2COC3(CCCC3)O2)C1. The van der Waals surface area contributed by atoms with Crippen molar-refractivity contribution in [1.29, 1.82) is 0 Å². The fourth-order valence-corrected chi connectivity index (χ4v) is 2.93. The van der Waals surface area contributed by atoms with E-state index >= 15 is 0 Å². The zero-order valence-electron chi connectivity index (χ0n) is 9.15. The highest BCUT2D eigenvalue weighted by Gasteiger charge is 2.44. The summed E-state index contributed by atoms with van der Waals surface area (Å²) in [5, 5.41) is 0. The third-order valence-electron chi connectivity index (χ3n) is 3.73. The van der Waals surface area contributed by atoms with Gasteiger partial charge >= 0.3 is 0 Å². The van der Waals surface area contributed by atoms with Gasteiger partial charge in [-0.05, 0) is 12.8 Å². The predicted molar refractivity (Wildman–Crippen MR) is 56.4 cm³/mol. The maximum absolute atomic E-state index is 6.05. The Morgan fingerprint density at radius 1 is 1.27 bits per heavy atom. The third-order valence-corrected chi connectivity index (χ3v) is 3.73. The largest absolute Gasteiger partial charge is 0.347 e. The average Bonchev–Trinajstić information content (AvgIpc) is 2.76. The zero-order chi connectivity index (χ0) is 10.3. The molecule has 4 heteroatoms. The minimum Gasteiger partial charge on any atom is -0.347 e. The van der Waals surface area contributed by atoms with Gasteiger partial charge in [0.1, 0.15) is 0 Å². The van der Waals surface area contributed by atoms with Gasteiger partial charge in [-0.3, -0.25) is 4.90 Å². The first-order valence-corrected chi connectivity index (χ1v) is 6.05.